The molecule has 1 aliphatic carbocycles. The molecule has 1 aliphatic heterocycles. The van der Waals surface area contributed by atoms with Crippen LogP contribution in [-0.2, 0) is 0 Å². The Balaban J connectivity index is 1.60. The van der Waals surface area contributed by atoms with Crippen LogP contribution in [0.4, 0.5) is 15.8 Å². The lowest BCUT2D eigenvalue weighted by Crippen LogP contribution is -2.49. The molecule has 0 spiro atoms. The number of nitrogens with zero attached hydrogens (tertiary/aromatic N) is 2. The summed E-state index contributed by atoms with van der Waals surface area (Å²) >= 11 is 0. The summed E-state index contributed by atoms with van der Waals surface area (Å²) in [7, 11) is 2.26. The number of rotatable bonds is 3. The molecule has 0 bridgehead atoms. The van der Waals surface area contributed by atoms with E-state index in [1.807, 2.05) is 0 Å². The summed E-state index contributed by atoms with van der Waals surface area (Å²) in [5.41, 5.74) is 6.80. The minimum Gasteiger partial charge on any atom is -0.399 e. The first-order valence-corrected chi connectivity index (χ1v) is 7.67. The van der Waals surface area contributed by atoms with Crippen molar-refractivity contribution in [3.05, 3.63) is 24.0 Å². The summed E-state index contributed by atoms with van der Waals surface area (Å²) in [6, 6.07) is 6.46. The van der Waals surface area contributed by atoms with Crippen molar-refractivity contribution in [2.45, 2.75) is 44.2 Å². The third kappa shape index (κ3) is 2.62. The van der Waals surface area contributed by atoms with Gasteiger partial charge < -0.3 is 15.5 Å². The number of piperidine rings is 1. The van der Waals surface area contributed by atoms with Crippen LogP contribution in [0.1, 0.15) is 32.1 Å². The van der Waals surface area contributed by atoms with Gasteiger partial charge in [-0.3, -0.25) is 0 Å². The fraction of sp³-hybridized carbons (Fsp3) is 0.625. The third-order valence-electron chi connectivity index (χ3n) is 5.00. The average Bonchev–Trinajstić information content (AvgIpc) is 2.37. The van der Waals surface area contributed by atoms with Gasteiger partial charge in [0.25, 0.3) is 0 Å². The molecule has 3 rings (SSSR count). The smallest absolute Gasteiger partial charge is 0.148 e. The van der Waals surface area contributed by atoms with Crippen LogP contribution >= 0.6 is 0 Å². The Morgan fingerprint density at radius 3 is 2.35 bits per heavy atom. The van der Waals surface area contributed by atoms with Gasteiger partial charge >= 0.3 is 0 Å². The fourth-order valence-electron chi connectivity index (χ4n) is 3.39. The van der Waals surface area contributed by atoms with Gasteiger partial charge in [0.2, 0.25) is 0 Å². The van der Waals surface area contributed by atoms with Crippen molar-refractivity contribution in [1.82, 2.24) is 4.90 Å². The van der Waals surface area contributed by atoms with E-state index < -0.39 is 0 Å². The van der Waals surface area contributed by atoms with Gasteiger partial charge in [0.15, 0.2) is 0 Å². The van der Waals surface area contributed by atoms with E-state index in [1.54, 1.807) is 12.1 Å². The predicted molar refractivity (Wildman–Crippen MR) is 81.4 cm³/mol. The van der Waals surface area contributed by atoms with Gasteiger partial charge in [-0.05, 0) is 50.9 Å². The Bertz CT molecular complexity index is 465. The molecule has 2 fully saturated rings. The van der Waals surface area contributed by atoms with E-state index in [9.17, 15) is 4.39 Å². The second kappa shape index (κ2) is 5.60. The molecule has 2 aliphatic rings. The van der Waals surface area contributed by atoms with Gasteiger partial charge in [0.05, 0.1) is 5.69 Å². The lowest BCUT2D eigenvalue weighted by atomic mass is 9.89. The van der Waals surface area contributed by atoms with Crippen LogP contribution in [0.15, 0.2) is 18.2 Å². The molecule has 1 heterocycles. The van der Waals surface area contributed by atoms with Crippen LogP contribution < -0.4 is 10.6 Å². The maximum atomic E-state index is 14.0. The lowest BCUT2D eigenvalue weighted by molar-refractivity contribution is 0.0952. The maximum absolute atomic E-state index is 14.0. The molecule has 1 aromatic carbocycles. The minimum atomic E-state index is -0.198. The molecule has 1 saturated heterocycles. The summed E-state index contributed by atoms with van der Waals surface area (Å²) in [6.07, 6.45) is 6.32. The first kappa shape index (κ1) is 13.7. The normalized spacial score (nSPS) is 21.2. The molecule has 1 aromatic rings. The Kier molecular flexibility index (Phi) is 3.83. The summed E-state index contributed by atoms with van der Waals surface area (Å²) in [5, 5.41) is 0. The Morgan fingerprint density at radius 2 is 1.80 bits per heavy atom. The van der Waals surface area contributed by atoms with Crippen molar-refractivity contribution in [2.75, 3.05) is 30.8 Å². The van der Waals surface area contributed by atoms with Crippen LogP contribution in [-0.4, -0.2) is 37.1 Å². The third-order valence-corrected chi connectivity index (χ3v) is 5.00. The Labute approximate surface area is 120 Å². The van der Waals surface area contributed by atoms with Crippen LogP contribution in [0.25, 0.3) is 0 Å². The zero-order chi connectivity index (χ0) is 14.1. The van der Waals surface area contributed by atoms with Crippen molar-refractivity contribution in [1.29, 1.82) is 0 Å². The molecule has 0 aromatic heterocycles. The van der Waals surface area contributed by atoms with E-state index in [0.29, 0.717) is 17.4 Å². The van der Waals surface area contributed by atoms with Crippen LogP contribution in [0.3, 0.4) is 0 Å². The zero-order valence-corrected chi connectivity index (χ0v) is 12.2. The molecule has 3 nitrogen and oxygen atoms in total. The van der Waals surface area contributed by atoms with Gasteiger partial charge in [-0.15, -0.1) is 0 Å². The maximum Gasteiger partial charge on any atom is 0.148 e. The van der Waals surface area contributed by atoms with Crippen LogP contribution in [0, 0.1) is 5.82 Å². The van der Waals surface area contributed by atoms with Crippen LogP contribution in [0.2, 0.25) is 0 Å². The topological polar surface area (TPSA) is 32.5 Å². The number of hydrogen-bond acceptors (Lipinski definition) is 3. The molecule has 4 heteroatoms. The lowest BCUT2D eigenvalue weighted by Gasteiger charge is -2.44. The molecule has 2 N–H and O–H groups in total. The number of hydrogen-bond donors (Lipinski definition) is 1. The van der Waals surface area contributed by atoms with Crippen molar-refractivity contribution in [3.8, 4) is 0 Å². The van der Waals surface area contributed by atoms with Gasteiger partial charge in [-0.1, -0.05) is 6.42 Å². The van der Waals surface area contributed by atoms with Crippen molar-refractivity contribution in [2.24, 2.45) is 0 Å². The van der Waals surface area contributed by atoms with E-state index in [0.717, 1.165) is 32.0 Å². The number of nitrogen functional groups attached to an aromatic ring is 1. The minimum absolute atomic E-state index is 0.198. The molecular formula is C16H24FN3. The highest BCUT2D eigenvalue weighted by atomic mass is 19.1. The first-order valence-electron chi connectivity index (χ1n) is 7.67. The van der Waals surface area contributed by atoms with Gasteiger partial charge in [-0.25, -0.2) is 4.39 Å². The monoisotopic (exact) mass is 277 g/mol. The van der Waals surface area contributed by atoms with E-state index in [1.165, 1.54) is 25.3 Å². The summed E-state index contributed by atoms with van der Waals surface area (Å²) < 4.78 is 14.0. The highest BCUT2D eigenvalue weighted by molar-refractivity contribution is 5.54. The molecular weight excluding hydrogens is 253 g/mol. The quantitative estimate of drug-likeness (QED) is 0.862. The van der Waals surface area contributed by atoms with E-state index >= 15 is 0 Å². The second-order valence-corrected chi connectivity index (χ2v) is 6.18. The molecule has 1 saturated carbocycles. The summed E-state index contributed by atoms with van der Waals surface area (Å²) in [5.74, 6) is -0.198. The van der Waals surface area contributed by atoms with E-state index in [-0.39, 0.29) is 5.82 Å². The zero-order valence-electron chi connectivity index (χ0n) is 12.2. The number of benzene rings is 1. The molecule has 0 radical (unpaired) electrons. The van der Waals surface area contributed by atoms with E-state index in [2.05, 4.69) is 16.8 Å². The van der Waals surface area contributed by atoms with Gasteiger partial charge in [0.1, 0.15) is 5.82 Å². The van der Waals surface area contributed by atoms with Crippen LogP contribution in [0.5, 0.6) is 0 Å². The molecule has 0 amide bonds. The number of halogens is 1. The largest absolute Gasteiger partial charge is 0.399 e. The van der Waals surface area contributed by atoms with Crippen molar-refractivity contribution in [3.63, 3.8) is 0 Å². The Morgan fingerprint density at radius 1 is 1.15 bits per heavy atom. The number of anilines is 2. The number of nitrogens with two attached hydrogens (primary N) is 1. The fourth-order valence-corrected chi connectivity index (χ4v) is 3.39. The molecule has 20 heavy (non-hydrogen) atoms. The highest BCUT2D eigenvalue weighted by Crippen LogP contribution is 2.30. The van der Waals surface area contributed by atoms with Crippen molar-refractivity contribution >= 4 is 11.4 Å². The Hall–Kier alpha value is -1.29. The molecule has 0 unspecified atom stereocenters. The highest BCUT2D eigenvalue weighted by Gasteiger charge is 2.30. The standard InChI is InChI=1S/C16H24FN3/c1-19(13-3-2-4-13)14-7-9-20(10-8-14)16-6-5-12(18)11-15(16)17/h5-6,11,13-14H,2-4,7-10,18H2,1H3. The molecule has 0 atom stereocenters. The predicted octanol–water partition coefficient (Wildman–Crippen LogP) is 2.86. The van der Waals surface area contributed by atoms with E-state index in [4.69, 9.17) is 5.73 Å². The first-order chi connectivity index (χ1) is 9.65. The summed E-state index contributed by atoms with van der Waals surface area (Å²) in [4.78, 5) is 4.71. The second-order valence-electron chi connectivity index (χ2n) is 6.18. The molecule has 110 valence electrons. The summed E-state index contributed by atoms with van der Waals surface area (Å²) in [6.45, 7) is 1.87. The average molecular weight is 277 g/mol. The SMILES string of the molecule is CN(C1CCC1)C1CCN(c2ccc(N)cc2F)CC1. The van der Waals surface area contributed by atoms with Gasteiger partial charge in [0, 0.05) is 30.9 Å². The van der Waals surface area contributed by atoms with Crippen molar-refractivity contribution < 1.29 is 4.39 Å². The van der Waals surface area contributed by atoms with Gasteiger partial charge in [-0.2, -0.15) is 0 Å².